The molecule has 24 heavy (non-hydrogen) atoms. The number of para-hydroxylation sites is 1. The van der Waals surface area contributed by atoms with Crippen molar-refractivity contribution >= 4 is 22.4 Å². The van der Waals surface area contributed by atoms with E-state index >= 15 is 0 Å². The molecular formula is C18H21N3O2S. The molecule has 0 spiro atoms. The van der Waals surface area contributed by atoms with E-state index in [1.54, 1.807) is 24.3 Å². The Labute approximate surface area is 146 Å². The summed E-state index contributed by atoms with van der Waals surface area (Å²) in [6.07, 6.45) is -0.703. The fourth-order valence-corrected chi connectivity index (χ4v) is 2.95. The van der Waals surface area contributed by atoms with E-state index < -0.39 is 6.10 Å². The first-order valence-corrected chi connectivity index (χ1v) is 8.72. The summed E-state index contributed by atoms with van der Waals surface area (Å²) in [6, 6.07) is 8.98. The lowest BCUT2D eigenvalue weighted by atomic mass is 10.1. The second-order valence-corrected chi connectivity index (χ2v) is 6.97. The van der Waals surface area contributed by atoms with Crippen LogP contribution in [0, 0.1) is 17.2 Å². The molecule has 1 amide bonds. The zero-order chi connectivity index (χ0) is 17.7. The molecule has 6 heteroatoms. The molecule has 2 aromatic rings. The van der Waals surface area contributed by atoms with Crippen LogP contribution in [0.15, 0.2) is 29.6 Å². The number of amides is 1. The number of ether oxygens (including phenoxy) is 1. The van der Waals surface area contributed by atoms with Crippen molar-refractivity contribution in [3.63, 3.8) is 0 Å². The summed E-state index contributed by atoms with van der Waals surface area (Å²) < 4.78 is 5.83. The van der Waals surface area contributed by atoms with Crippen LogP contribution in [0.4, 0.5) is 5.13 Å². The number of thiazole rings is 1. The average molecular weight is 343 g/mol. The normalized spacial score (nSPS) is 12.0. The molecule has 0 radical (unpaired) electrons. The number of nitrogens with zero attached hydrogens (tertiary/aromatic N) is 2. The first kappa shape index (κ1) is 18.0. The Hall–Kier alpha value is -2.39. The number of hydrogen-bond donors (Lipinski definition) is 1. The highest BCUT2D eigenvalue weighted by molar-refractivity contribution is 7.13. The molecule has 1 unspecified atom stereocenters. The maximum Gasteiger partial charge on any atom is 0.267 e. The predicted octanol–water partition coefficient (Wildman–Crippen LogP) is 4.18. The molecule has 0 bridgehead atoms. The summed E-state index contributed by atoms with van der Waals surface area (Å²) in [5.41, 5.74) is 1.36. The maximum absolute atomic E-state index is 12.6. The molecule has 1 aromatic heterocycles. The van der Waals surface area contributed by atoms with Gasteiger partial charge in [0.25, 0.3) is 5.91 Å². The minimum atomic E-state index is -0.703. The molecule has 0 aliphatic rings. The Morgan fingerprint density at radius 1 is 1.29 bits per heavy atom. The van der Waals surface area contributed by atoms with Crippen LogP contribution in [0.1, 0.15) is 44.9 Å². The van der Waals surface area contributed by atoms with Gasteiger partial charge in [-0.2, -0.15) is 5.26 Å². The number of carbonyl (C=O) groups excluding carboxylic acids is 1. The van der Waals surface area contributed by atoms with Gasteiger partial charge in [0.2, 0.25) is 0 Å². The molecule has 0 aliphatic carbocycles. The molecule has 1 heterocycles. The third-order valence-corrected chi connectivity index (χ3v) is 4.24. The summed E-state index contributed by atoms with van der Waals surface area (Å²) in [7, 11) is 0. The molecule has 0 aliphatic heterocycles. The van der Waals surface area contributed by atoms with Crippen LogP contribution in [-0.4, -0.2) is 17.0 Å². The van der Waals surface area contributed by atoms with Gasteiger partial charge in [-0.25, -0.2) is 4.98 Å². The fourth-order valence-electron chi connectivity index (χ4n) is 2.08. The molecule has 1 aromatic carbocycles. The van der Waals surface area contributed by atoms with E-state index in [1.807, 2.05) is 19.2 Å². The lowest BCUT2D eigenvalue weighted by Crippen LogP contribution is -2.37. The van der Waals surface area contributed by atoms with Crippen LogP contribution in [0.5, 0.6) is 5.75 Å². The van der Waals surface area contributed by atoms with Crippen LogP contribution in [0.3, 0.4) is 0 Å². The largest absolute Gasteiger partial charge is 0.479 e. The number of nitriles is 1. The van der Waals surface area contributed by atoms with Gasteiger partial charge in [0, 0.05) is 5.38 Å². The van der Waals surface area contributed by atoms with E-state index in [0.717, 1.165) is 5.69 Å². The van der Waals surface area contributed by atoms with Crippen LogP contribution < -0.4 is 10.1 Å². The molecule has 1 atom stereocenters. The number of anilines is 1. The van der Waals surface area contributed by atoms with Gasteiger partial charge < -0.3 is 4.74 Å². The third kappa shape index (κ3) is 4.33. The highest BCUT2D eigenvalue weighted by Gasteiger charge is 2.26. The smallest absolute Gasteiger partial charge is 0.267 e. The van der Waals surface area contributed by atoms with Gasteiger partial charge in [0.05, 0.1) is 11.3 Å². The molecule has 0 saturated carbocycles. The average Bonchev–Trinajstić information content (AvgIpc) is 3.01. The van der Waals surface area contributed by atoms with Gasteiger partial charge in [-0.15, -0.1) is 11.3 Å². The van der Waals surface area contributed by atoms with Crippen molar-refractivity contribution in [2.75, 3.05) is 5.32 Å². The minimum absolute atomic E-state index is 0.0544. The van der Waals surface area contributed by atoms with E-state index in [1.165, 1.54) is 11.3 Å². The van der Waals surface area contributed by atoms with Crippen LogP contribution in [-0.2, 0) is 4.79 Å². The Morgan fingerprint density at radius 3 is 2.58 bits per heavy atom. The van der Waals surface area contributed by atoms with E-state index in [9.17, 15) is 4.79 Å². The number of nitrogens with one attached hydrogen (secondary N) is 1. The molecule has 0 fully saturated rings. The van der Waals surface area contributed by atoms with Crippen molar-refractivity contribution in [1.29, 1.82) is 5.26 Å². The number of aromatic nitrogens is 1. The Balaban J connectivity index is 2.14. The quantitative estimate of drug-likeness (QED) is 0.854. The maximum atomic E-state index is 12.6. The highest BCUT2D eigenvalue weighted by atomic mass is 32.1. The molecular weight excluding hydrogens is 322 g/mol. The lowest BCUT2D eigenvalue weighted by Gasteiger charge is -2.21. The first-order valence-electron chi connectivity index (χ1n) is 7.84. The van der Waals surface area contributed by atoms with Crippen molar-refractivity contribution in [2.45, 2.75) is 39.7 Å². The van der Waals surface area contributed by atoms with Gasteiger partial charge in [-0.05, 0) is 24.0 Å². The Kier molecular flexibility index (Phi) is 5.93. The van der Waals surface area contributed by atoms with Gasteiger partial charge in [0.15, 0.2) is 11.2 Å². The standard InChI is InChI=1S/C18H21N3O2S/c1-11(2)14-10-24-18(20-14)21-17(22)16(12(3)4)23-15-8-6-5-7-13(15)9-19/h5-8,10-12,16H,1-4H3,(H,20,21,22). The van der Waals surface area contributed by atoms with E-state index in [2.05, 4.69) is 30.2 Å². The number of hydrogen-bond acceptors (Lipinski definition) is 5. The van der Waals surface area contributed by atoms with E-state index in [4.69, 9.17) is 10.00 Å². The Bertz CT molecular complexity index is 747. The molecule has 0 saturated heterocycles. The molecule has 2 rings (SSSR count). The summed E-state index contributed by atoms with van der Waals surface area (Å²) in [5, 5.41) is 14.5. The molecule has 1 N–H and O–H groups in total. The molecule has 126 valence electrons. The second-order valence-electron chi connectivity index (χ2n) is 6.11. The van der Waals surface area contributed by atoms with Crippen molar-refractivity contribution in [2.24, 2.45) is 5.92 Å². The number of carbonyl (C=O) groups is 1. The zero-order valence-corrected chi connectivity index (χ0v) is 15.1. The summed E-state index contributed by atoms with van der Waals surface area (Å²) in [5.74, 6) is 0.408. The van der Waals surface area contributed by atoms with Crippen LogP contribution in [0.25, 0.3) is 0 Å². The molecule has 5 nitrogen and oxygen atoms in total. The Morgan fingerprint density at radius 2 is 2.00 bits per heavy atom. The van der Waals surface area contributed by atoms with Gasteiger partial charge in [0.1, 0.15) is 11.8 Å². The van der Waals surface area contributed by atoms with Gasteiger partial charge in [-0.3, -0.25) is 10.1 Å². The van der Waals surface area contributed by atoms with Crippen molar-refractivity contribution in [3.8, 4) is 11.8 Å². The van der Waals surface area contributed by atoms with Crippen molar-refractivity contribution < 1.29 is 9.53 Å². The topological polar surface area (TPSA) is 75.0 Å². The highest BCUT2D eigenvalue weighted by Crippen LogP contribution is 2.24. The second kappa shape index (κ2) is 7.93. The number of rotatable bonds is 6. The van der Waals surface area contributed by atoms with Crippen molar-refractivity contribution in [1.82, 2.24) is 4.98 Å². The lowest BCUT2D eigenvalue weighted by molar-refractivity contribution is -0.124. The predicted molar refractivity (Wildman–Crippen MR) is 95.2 cm³/mol. The van der Waals surface area contributed by atoms with Crippen molar-refractivity contribution in [3.05, 3.63) is 40.9 Å². The fraction of sp³-hybridized carbons (Fsp3) is 0.389. The number of benzene rings is 1. The van der Waals surface area contributed by atoms with Gasteiger partial charge >= 0.3 is 0 Å². The first-order chi connectivity index (χ1) is 11.4. The summed E-state index contributed by atoms with van der Waals surface area (Å²) >= 11 is 1.40. The minimum Gasteiger partial charge on any atom is -0.479 e. The SMILES string of the molecule is CC(C)c1csc(NC(=O)C(Oc2ccccc2C#N)C(C)C)n1. The van der Waals surface area contributed by atoms with Gasteiger partial charge in [-0.1, -0.05) is 39.8 Å². The van der Waals surface area contributed by atoms with Crippen LogP contribution >= 0.6 is 11.3 Å². The monoisotopic (exact) mass is 343 g/mol. The summed E-state index contributed by atoms with van der Waals surface area (Å²) in [6.45, 7) is 7.92. The van der Waals surface area contributed by atoms with Crippen LogP contribution in [0.2, 0.25) is 0 Å². The zero-order valence-electron chi connectivity index (χ0n) is 14.2. The summed E-state index contributed by atoms with van der Waals surface area (Å²) in [4.78, 5) is 17.0. The van der Waals surface area contributed by atoms with E-state index in [0.29, 0.717) is 22.4 Å². The van der Waals surface area contributed by atoms with E-state index in [-0.39, 0.29) is 11.8 Å². The third-order valence-electron chi connectivity index (χ3n) is 3.47.